The van der Waals surface area contributed by atoms with Crippen LogP contribution in [0.3, 0.4) is 0 Å². The summed E-state index contributed by atoms with van der Waals surface area (Å²) in [5, 5.41) is 8.43. The predicted octanol–water partition coefficient (Wildman–Crippen LogP) is 3.53. The normalized spacial score (nSPS) is 10.6. The molecule has 1 heterocycles. The van der Waals surface area contributed by atoms with E-state index in [0.717, 1.165) is 11.1 Å². The zero-order valence-corrected chi connectivity index (χ0v) is 12.6. The fraction of sp³-hybridized carbons (Fsp3) is 0.308. The third-order valence-corrected chi connectivity index (χ3v) is 2.95. The van der Waals surface area contributed by atoms with E-state index in [9.17, 15) is 0 Å². The predicted molar refractivity (Wildman–Crippen MR) is 77.1 cm³/mol. The van der Waals surface area contributed by atoms with Crippen LogP contribution in [0.25, 0.3) is 11.3 Å². The molecule has 0 atom stereocenters. The topological polar surface area (TPSA) is 57.1 Å². The van der Waals surface area contributed by atoms with Gasteiger partial charge < -0.3 is 9.47 Å². The van der Waals surface area contributed by atoms with Gasteiger partial charge in [-0.15, -0.1) is 10.2 Å². The molecule has 5 nitrogen and oxygen atoms in total. The standard InChI is InChI=1S/C13H13Cl2N3O2/c1-3-19-7-20-11-5-9(14)4-8(2)12(11)10-6-16-13(15)18-17-10/h4-6H,3,7H2,1-2H3. The minimum Gasteiger partial charge on any atom is -0.467 e. The molecular weight excluding hydrogens is 301 g/mol. The molecule has 1 aromatic heterocycles. The van der Waals surface area contributed by atoms with E-state index in [1.165, 1.54) is 0 Å². The van der Waals surface area contributed by atoms with E-state index in [-0.39, 0.29) is 12.1 Å². The lowest BCUT2D eigenvalue weighted by Crippen LogP contribution is -2.04. The van der Waals surface area contributed by atoms with Gasteiger partial charge in [-0.3, -0.25) is 0 Å². The molecule has 2 rings (SSSR count). The molecule has 0 amide bonds. The van der Waals surface area contributed by atoms with Crippen molar-refractivity contribution in [3.05, 3.63) is 34.2 Å². The van der Waals surface area contributed by atoms with Gasteiger partial charge in [0.1, 0.15) is 11.4 Å². The van der Waals surface area contributed by atoms with E-state index >= 15 is 0 Å². The second-order valence-electron chi connectivity index (χ2n) is 3.96. The molecular formula is C13H13Cl2N3O2. The highest BCUT2D eigenvalue weighted by atomic mass is 35.5. The minimum atomic E-state index is 0.0946. The SMILES string of the molecule is CCOCOc1cc(Cl)cc(C)c1-c1cnc(Cl)nn1. The number of hydrogen-bond donors (Lipinski definition) is 0. The van der Waals surface area contributed by atoms with E-state index in [1.807, 2.05) is 19.9 Å². The van der Waals surface area contributed by atoms with Crippen LogP contribution in [0.1, 0.15) is 12.5 Å². The van der Waals surface area contributed by atoms with Crippen molar-refractivity contribution in [2.45, 2.75) is 13.8 Å². The third kappa shape index (κ3) is 3.56. The number of aryl methyl sites for hydroxylation is 1. The molecule has 0 saturated carbocycles. The zero-order valence-electron chi connectivity index (χ0n) is 11.1. The average molecular weight is 314 g/mol. The molecule has 0 aliphatic rings. The molecule has 0 spiro atoms. The maximum atomic E-state index is 6.05. The van der Waals surface area contributed by atoms with Crippen LogP contribution >= 0.6 is 23.2 Å². The second-order valence-corrected chi connectivity index (χ2v) is 4.74. The Morgan fingerprint density at radius 3 is 2.65 bits per heavy atom. The van der Waals surface area contributed by atoms with Gasteiger partial charge in [0.05, 0.1) is 6.20 Å². The molecule has 0 aliphatic heterocycles. The highest BCUT2D eigenvalue weighted by Gasteiger charge is 2.14. The summed E-state index contributed by atoms with van der Waals surface area (Å²) in [5.74, 6) is 0.571. The largest absolute Gasteiger partial charge is 0.467 e. The Balaban J connectivity index is 2.41. The summed E-state index contributed by atoms with van der Waals surface area (Å²) in [4.78, 5) is 3.93. The Kier molecular flexibility index (Phi) is 5.11. The van der Waals surface area contributed by atoms with Gasteiger partial charge in [0.25, 0.3) is 0 Å². The Morgan fingerprint density at radius 2 is 2.00 bits per heavy atom. The number of nitrogens with zero attached hydrogens (tertiary/aromatic N) is 3. The van der Waals surface area contributed by atoms with Gasteiger partial charge >= 0.3 is 0 Å². The zero-order chi connectivity index (χ0) is 14.5. The van der Waals surface area contributed by atoms with Crippen LogP contribution in [0.2, 0.25) is 10.3 Å². The Morgan fingerprint density at radius 1 is 1.20 bits per heavy atom. The summed E-state index contributed by atoms with van der Waals surface area (Å²) in [5.41, 5.74) is 2.24. The molecule has 1 aromatic carbocycles. The van der Waals surface area contributed by atoms with E-state index < -0.39 is 0 Å². The quantitative estimate of drug-likeness (QED) is 0.624. The number of rotatable bonds is 5. The monoisotopic (exact) mass is 313 g/mol. The first-order valence-electron chi connectivity index (χ1n) is 5.98. The van der Waals surface area contributed by atoms with Crippen LogP contribution in [-0.2, 0) is 4.74 Å². The van der Waals surface area contributed by atoms with Crippen LogP contribution in [0.15, 0.2) is 18.3 Å². The number of halogens is 2. The Labute approximate surface area is 126 Å². The van der Waals surface area contributed by atoms with Gasteiger partial charge in [0.15, 0.2) is 6.79 Å². The summed E-state index contributed by atoms with van der Waals surface area (Å²) < 4.78 is 10.8. The van der Waals surface area contributed by atoms with Gasteiger partial charge in [-0.25, -0.2) is 4.98 Å². The van der Waals surface area contributed by atoms with Gasteiger partial charge in [0, 0.05) is 17.2 Å². The summed E-state index contributed by atoms with van der Waals surface area (Å²) in [6.07, 6.45) is 1.54. The molecule has 7 heteroatoms. The lowest BCUT2D eigenvalue weighted by molar-refractivity contribution is 0.0227. The lowest BCUT2D eigenvalue weighted by atomic mass is 10.1. The van der Waals surface area contributed by atoms with Crippen LogP contribution < -0.4 is 4.74 Å². The highest BCUT2D eigenvalue weighted by Crippen LogP contribution is 2.34. The van der Waals surface area contributed by atoms with Crippen LogP contribution in [0.5, 0.6) is 5.75 Å². The minimum absolute atomic E-state index is 0.0946. The van der Waals surface area contributed by atoms with Gasteiger partial charge in [0.2, 0.25) is 5.28 Å². The molecule has 2 aromatic rings. The maximum absolute atomic E-state index is 6.05. The Hall–Kier alpha value is -1.43. The average Bonchev–Trinajstić information content (AvgIpc) is 2.40. The van der Waals surface area contributed by atoms with E-state index in [0.29, 0.717) is 23.1 Å². The smallest absolute Gasteiger partial charge is 0.242 e. The van der Waals surface area contributed by atoms with Crippen molar-refractivity contribution >= 4 is 23.2 Å². The van der Waals surface area contributed by atoms with Crippen molar-refractivity contribution in [3.63, 3.8) is 0 Å². The molecule has 106 valence electrons. The van der Waals surface area contributed by atoms with Gasteiger partial charge in [-0.05, 0) is 43.1 Å². The van der Waals surface area contributed by atoms with Gasteiger partial charge in [-0.1, -0.05) is 11.6 Å². The lowest BCUT2D eigenvalue weighted by Gasteiger charge is -2.13. The van der Waals surface area contributed by atoms with Crippen molar-refractivity contribution in [1.82, 2.24) is 15.2 Å². The fourth-order valence-electron chi connectivity index (χ4n) is 1.72. The fourth-order valence-corrected chi connectivity index (χ4v) is 2.07. The first-order valence-corrected chi connectivity index (χ1v) is 6.73. The van der Waals surface area contributed by atoms with Crippen LogP contribution in [0, 0.1) is 6.92 Å². The molecule has 20 heavy (non-hydrogen) atoms. The molecule has 0 N–H and O–H groups in total. The van der Waals surface area contributed by atoms with Crippen molar-refractivity contribution in [2.75, 3.05) is 13.4 Å². The van der Waals surface area contributed by atoms with E-state index in [4.69, 9.17) is 32.7 Å². The van der Waals surface area contributed by atoms with Crippen molar-refractivity contribution in [2.24, 2.45) is 0 Å². The summed E-state index contributed by atoms with van der Waals surface area (Å²) in [7, 11) is 0. The summed E-state index contributed by atoms with van der Waals surface area (Å²) in [6.45, 7) is 4.50. The number of benzene rings is 1. The molecule has 0 radical (unpaired) electrons. The molecule has 0 fully saturated rings. The maximum Gasteiger partial charge on any atom is 0.242 e. The van der Waals surface area contributed by atoms with E-state index in [1.54, 1.807) is 12.3 Å². The highest BCUT2D eigenvalue weighted by molar-refractivity contribution is 6.31. The third-order valence-electron chi connectivity index (χ3n) is 2.56. The van der Waals surface area contributed by atoms with Crippen molar-refractivity contribution in [3.8, 4) is 17.0 Å². The van der Waals surface area contributed by atoms with Gasteiger partial charge in [-0.2, -0.15) is 0 Å². The summed E-state index contributed by atoms with van der Waals surface area (Å²) in [6, 6.07) is 3.53. The summed E-state index contributed by atoms with van der Waals surface area (Å²) >= 11 is 11.7. The number of ether oxygens (including phenoxy) is 2. The van der Waals surface area contributed by atoms with Crippen LogP contribution in [0.4, 0.5) is 0 Å². The van der Waals surface area contributed by atoms with Crippen LogP contribution in [-0.4, -0.2) is 28.6 Å². The van der Waals surface area contributed by atoms with Crippen molar-refractivity contribution < 1.29 is 9.47 Å². The second kappa shape index (κ2) is 6.83. The molecule has 0 saturated heterocycles. The molecule has 0 bridgehead atoms. The number of hydrogen-bond acceptors (Lipinski definition) is 5. The molecule has 0 unspecified atom stereocenters. The van der Waals surface area contributed by atoms with Crippen molar-refractivity contribution in [1.29, 1.82) is 0 Å². The first-order chi connectivity index (χ1) is 9.61. The molecule has 0 aliphatic carbocycles. The number of aromatic nitrogens is 3. The van der Waals surface area contributed by atoms with E-state index in [2.05, 4.69) is 15.2 Å². The first kappa shape index (κ1) is 15.0. The Bertz CT molecular complexity index is 591.